The molecule has 0 unspecified atom stereocenters. The molecular weight excluding hydrogens is 515 g/mol. The van der Waals surface area contributed by atoms with E-state index in [4.69, 9.17) is 16.3 Å². The van der Waals surface area contributed by atoms with Crippen LogP contribution in [-0.2, 0) is 14.2 Å². The number of methoxy groups -OCH3 is 1. The Labute approximate surface area is 220 Å². The Morgan fingerprint density at radius 3 is 2.46 bits per heavy atom. The van der Waals surface area contributed by atoms with Gasteiger partial charge in [-0.3, -0.25) is 9.59 Å². The van der Waals surface area contributed by atoms with Gasteiger partial charge in [0.15, 0.2) is 5.82 Å². The number of nitrogens with zero attached hydrogens (tertiary/aromatic N) is 3. The Morgan fingerprint density at radius 2 is 1.78 bits per heavy atom. The van der Waals surface area contributed by atoms with Crippen molar-refractivity contribution in [3.05, 3.63) is 65.8 Å². The maximum atomic E-state index is 12.7. The summed E-state index contributed by atoms with van der Waals surface area (Å²) in [5.74, 6) is 0.230. The molecule has 2 amide bonds. The van der Waals surface area contributed by atoms with Gasteiger partial charge in [0.05, 0.1) is 24.7 Å². The van der Waals surface area contributed by atoms with Crippen molar-refractivity contribution >= 4 is 64.7 Å². The third kappa shape index (κ3) is 7.55. The number of rotatable bonds is 9. The van der Waals surface area contributed by atoms with Crippen LogP contribution in [0.25, 0.3) is 0 Å². The first kappa shape index (κ1) is 27.7. The fraction of sp³-hybridized carbons (Fsp3) is 0.200. The minimum absolute atomic E-state index is 0.207. The zero-order valence-corrected chi connectivity index (χ0v) is 22.7. The van der Waals surface area contributed by atoms with Crippen molar-refractivity contribution in [1.82, 2.24) is 14.9 Å². The lowest BCUT2D eigenvalue weighted by Gasteiger charge is -2.16. The number of para-hydroxylation sites is 1. The molecule has 194 valence electrons. The number of likely N-dealkylation sites (N-methyl/N-ethyl adjacent to an activating group) is 1. The van der Waals surface area contributed by atoms with Crippen LogP contribution in [0.2, 0.25) is 5.02 Å². The molecule has 0 radical (unpaired) electrons. The quantitative estimate of drug-likeness (QED) is 0.267. The van der Waals surface area contributed by atoms with Crippen molar-refractivity contribution in [3.63, 3.8) is 0 Å². The summed E-state index contributed by atoms with van der Waals surface area (Å²) in [6.45, 7) is 3.38. The van der Waals surface area contributed by atoms with Gasteiger partial charge in [-0.05, 0) is 43.7 Å². The fourth-order valence-electron chi connectivity index (χ4n) is 3.18. The molecule has 3 N–H and O–H groups in total. The van der Waals surface area contributed by atoms with Crippen LogP contribution in [0.5, 0.6) is 5.75 Å². The molecule has 10 nitrogen and oxygen atoms in total. The highest BCUT2D eigenvalue weighted by molar-refractivity contribution is 7.70. The number of carbonyl (C=O) groups excluding carboxylic acids is 2. The van der Waals surface area contributed by atoms with Crippen molar-refractivity contribution in [3.8, 4) is 5.75 Å². The second-order valence-corrected chi connectivity index (χ2v) is 12.1. The second-order valence-electron chi connectivity index (χ2n) is 8.48. The summed E-state index contributed by atoms with van der Waals surface area (Å²) in [5, 5.41) is 9.86. The summed E-state index contributed by atoms with van der Waals surface area (Å²) in [6, 6.07) is 12.2. The number of hydrogen-bond acceptors (Lipinski definition) is 8. The van der Waals surface area contributed by atoms with Gasteiger partial charge in [0.2, 0.25) is 17.8 Å². The topological polar surface area (TPSA) is 126 Å². The van der Waals surface area contributed by atoms with Crippen LogP contribution in [0.3, 0.4) is 0 Å². The number of nitrogens with one attached hydrogen (secondary N) is 3. The average Bonchev–Trinajstić information content (AvgIpc) is 2.84. The molecule has 0 aliphatic carbocycles. The predicted molar refractivity (Wildman–Crippen MR) is 149 cm³/mol. The van der Waals surface area contributed by atoms with Gasteiger partial charge in [-0.15, -0.1) is 0 Å². The largest absolute Gasteiger partial charge is 0.495 e. The normalized spacial score (nSPS) is 11.2. The first-order chi connectivity index (χ1) is 17.5. The summed E-state index contributed by atoms with van der Waals surface area (Å²) < 4.78 is 18.1. The fourth-order valence-corrected chi connectivity index (χ4v) is 4.47. The third-order valence-electron chi connectivity index (χ3n) is 5.01. The van der Waals surface area contributed by atoms with E-state index in [-0.39, 0.29) is 16.9 Å². The number of anilines is 5. The third-order valence-corrected chi connectivity index (χ3v) is 6.84. The molecule has 0 spiro atoms. The van der Waals surface area contributed by atoms with Crippen LogP contribution in [0.15, 0.2) is 60.8 Å². The molecule has 37 heavy (non-hydrogen) atoms. The van der Waals surface area contributed by atoms with E-state index >= 15 is 0 Å². The molecule has 0 saturated heterocycles. The smallest absolute Gasteiger partial charge is 0.248 e. The van der Waals surface area contributed by atoms with E-state index in [1.165, 1.54) is 24.3 Å². The number of amides is 2. The number of ether oxygens (including phenoxy) is 1. The molecule has 12 heteroatoms. The first-order valence-corrected chi connectivity index (χ1v) is 14.1. The standard InChI is InChI=1S/C25H28ClN6O4P/c1-32(2)23(34)13-12-22(33)28-16-10-11-20(36-3)19(14-16)30-25-27-15-17(26)24(31-25)29-18-8-6-7-9-21(18)37(4,5)35/h6-15H,1-5H3,(H,28,33)(H2,27,29,30,31)/b13-12-. The molecule has 0 atom stereocenters. The van der Waals surface area contributed by atoms with Gasteiger partial charge in [-0.2, -0.15) is 4.98 Å². The van der Waals surface area contributed by atoms with E-state index < -0.39 is 13.0 Å². The van der Waals surface area contributed by atoms with Gasteiger partial charge < -0.3 is 30.2 Å². The van der Waals surface area contributed by atoms with Crippen molar-refractivity contribution < 1.29 is 18.9 Å². The van der Waals surface area contributed by atoms with Gasteiger partial charge in [-0.25, -0.2) is 4.98 Å². The lowest BCUT2D eigenvalue weighted by Crippen LogP contribution is -2.19. The number of halogens is 1. The van der Waals surface area contributed by atoms with Crippen LogP contribution in [-0.4, -0.2) is 61.2 Å². The first-order valence-electron chi connectivity index (χ1n) is 11.1. The van der Waals surface area contributed by atoms with E-state index in [1.807, 2.05) is 12.1 Å². The molecule has 0 saturated carbocycles. The number of hydrogen-bond donors (Lipinski definition) is 3. The van der Waals surface area contributed by atoms with Crippen molar-refractivity contribution in [2.75, 3.05) is 50.5 Å². The van der Waals surface area contributed by atoms with Crippen molar-refractivity contribution in [1.29, 1.82) is 0 Å². The lowest BCUT2D eigenvalue weighted by atomic mass is 10.2. The Hall–Kier alpha value is -3.88. The van der Waals surface area contributed by atoms with Crippen molar-refractivity contribution in [2.45, 2.75) is 0 Å². The van der Waals surface area contributed by atoms with Crippen LogP contribution in [0.4, 0.5) is 28.8 Å². The van der Waals surface area contributed by atoms with Crippen LogP contribution in [0, 0.1) is 0 Å². The summed E-state index contributed by atoms with van der Waals surface area (Å²) in [6.07, 6.45) is 3.77. The Kier molecular flexibility index (Phi) is 8.91. The molecule has 0 bridgehead atoms. The number of aromatic nitrogens is 2. The highest BCUT2D eigenvalue weighted by atomic mass is 35.5. The minimum Gasteiger partial charge on any atom is -0.495 e. The highest BCUT2D eigenvalue weighted by Gasteiger charge is 2.17. The summed E-state index contributed by atoms with van der Waals surface area (Å²) >= 11 is 6.34. The number of carbonyl (C=O) groups is 2. The summed E-state index contributed by atoms with van der Waals surface area (Å²) in [5.41, 5.74) is 1.57. The Bertz CT molecular complexity index is 1390. The minimum atomic E-state index is -2.56. The molecule has 0 aliphatic heterocycles. The van der Waals surface area contributed by atoms with Crippen LogP contribution < -0.4 is 26.0 Å². The van der Waals surface area contributed by atoms with Gasteiger partial charge >= 0.3 is 0 Å². The average molecular weight is 543 g/mol. The highest BCUT2D eigenvalue weighted by Crippen LogP contribution is 2.39. The van der Waals surface area contributed by atoms with E-state index in [2.05, 4.69) is 25.9 Å². The molecule has 3 rings (SSSR count). The maximum absolute atomic E-state index is 12.7. The van der Waals surface area contributed by atoms with Gasteiger partial charge in [0, 0.05) is 37.2 Å². The van der Waals surface area contributed by atoms with Gasteiger partial charge in [-0.1, -0.05) is 23.7 Å². The summed E-state index contributed by atoms with van der Waals surface area (Å²) in [7, 11) is 2.14. The zero-order valence-electron chi connectivity index (χ0n) is 21.1. The molecule has 1 aromatic heterocycles. The van der Waals surface area contributed by atoms with E-state index in [1.54, 1.807) is 57.8 Å². The maximum Gasteiger partial charge on any atom is 0.248 e. The molecule has 3 aromatic rings. The molecule has 1 heterocycles. The van der Waals surface area contributed by atoms with Crippen LogP contribution >= 0.6 is 18.7 Å². The molecular formula is C25H28ClN6O4P. The van der Waals surface area contributed by atoms with Crippen LogP contribution in [0.1, 0.15) is 0 Å². The Balaban J connectivity index is 1.84. The molecule has 2 aromatic carbocycles. The zero-order chi connectivity index (χ0) is 27.2. The second kappa shape index (κ2) is 11.9. The lowest BCUT2D eigenvalue weighted by molar-refractivity contribution is -0.124. The number of benzene rings is 2. The van der Waals surface area contributed by atoms with E-state index in [9.17, 15) is 14.2 Å². The molecule has 0 fully saturated rings. The SMILES string of the molecule is COc1ccc(NC(=O)/C=C\C(=O)N(C)C)cc1Nc1ncc(Cl)c(Nc2ccccc2P(C)(C)=O)n1. The van der Waals surface area contributed by atoms with Crippen molar-refractivity contribution in [2.24, 2.45) is 0 Å². The Morgan fingerprint density at radius 1 is 1.05 bits per heavy atom. The molecule has 0 aliphatic rings. The summed E-state index contributed by atoms with van der Waals surface area (Å²) in [4.78, 5) is 34.0. The van der Waals surface area contributed by atoms with E-state index in [0.29, 0.717) is 33.9 Å². The van der Waals surface area contributed by atoms with E-state index in [0.717, 1.165) is 6.08 Å². The van der Waals surface area contributed by atoms with Gasteiger partial charge in [0.1, 0.15) is 17.9 Å². The van der Waals surface area contributed by atoms with Gasteiger partial charge in [0.25, 0.3) is 0 Å². The predicted octanol–water partition coefficient (Wildman–Crippen LogP) is 4.46. The monoisotopic (exact) mass is 542 g/mol.